The Kier molecular flexibility index (Phi) is 5.29. The van der Waals surface area contributed by atoms with Gasteiger partial charge in [-0.05, 0) is 30.3 Å². The third-order valence-corrected chi connectivity index (χ3v) is 4.60. The average Bonchev–Trinajstić information content (AvgIpc) is 3.05. The van der Waals surface area contributed by atoms with Crippen molar-refractivity contribution in [3.8, 4) is 5.75 Å². The van der Waals surface area contributed by atoms with Gasteiger partial charge in [0.1, 0.15) is 16.5 Å². The number of hydrogen-bond donors (Lipinski definition) is 0. The van der Waals surface area contributed by atoms with Gasteiger partial charge in [-0.2, -0.15) is 13.2 Å². The van der Waals surface area contributed by atoms with E-state index in [0.717, 1.165) is 22.3 Å². The highest BCUT2D eigenvalue weighted by atomic mass is 35.5. The molecule has 1 aromatic carbocycles. The van der Waals surface area contributed by atoms with Crippen LogP contribution in [0.2, 0.25) is 5.02 Å². The molecule has 0 N–H and O–H groups in total. The Balaban J connectivity index is 1.61. The second kappa shape index (κ2) is 7.45. The van der Waals surface area contributed by atoms with Crippen LogP contribution in [0, 0.1) is 0 Å². The molecule has 3 rings (SSSR count). The van der Waals surface area contributed by atoms with Crippen molar-refractivity contribution < 1.29 is 17.9 Å². The van der Waals surface area contributed by atoms with E-state index in [0.29, 0.717) is 28.8 Å². The lowest BCUT2D eigenvalue weighted by atomic mass is 10.2. The van der Waals surface area contributed by atoms with Gasteiger partial charge in [0.05, 0.1) is 6.61 Å². The topological polar surface area (TPSA) is 38.2 Å². The maximum absolute atomic E-state index is 13.1. The fourth-order valence-corrected chi connectivity index (χ4v) is 3.15. The molecule has 132 valence electrons. The van der Waals surface area contributed by atoms with Crippen LogP contribution in [0.4, 0.5) is 18.3 Å². The molecule has 0 bridgehead atoms. The Morgan fingerprint density at radius 3 is 2.68 bits per heavy atom. The van der Waals surface area contributed by atoms with Crippen molar-refractivity contribution in [2.24, 2.45) is 0 Å². The zero-order valence-electron chi connectivity index (χ0n) is 12.8. The van der Waals surface area contributed by atoms with Gasteiger partial charge in [-0.1, -0.05) is 35.1 Å². The van der Waals surface area contributed by atoms with E-state index in [1.807, 2.05) is 0 Å². The molecule has 2 aromatic rings. The highest BCUT2D eigenvalue weighted by Gasteiger charge is 2.39. The summed E-state index contributed by atoms with van der Waals surface area (Å²) in [5.41, 5.74) is -0.741. The Hall–Kier alpha value is -2.06. The van der Waals surface area contributed by atoms with Crippen molar-refractivity contribution in [1.82, 2.24) is 10.2 Å². The number of hydrogen-bond acceptors (Lipinski definition) is 5. The molecule has 4 nitrogen and oxygen atoms in total. The molecule has 0 unspecified atom stereocenters. The number of allylic oxidation sites excluding steroid dienone is 3. The van der Waals surface area contributed by atoms with Gasteiger partial charge >= 0.3 is 6.18 Å². The molecule has 0 fully saturated rings. The summed E-state index contributed by atoms with van der Waals surface area (Å²) in [5.74, 6) is 0.664. The van der Waals surface area contributed by atoms with Crippen molar-refractivity contribution in [1.29, 1.82) is 0 Å². The van der Waals surface area contributed by atoms with Crippen molar-refractivity contribution in [3.63, 3.8) is 0 Å². The maximum atomic E-state index is 13.1. The van der Waals surface area contributed by atoms with Crippen LogP contribution >= 0.6 is 22.9 Å². The van der Waals surface area contributed by atoms with Crippen LogP contribution in [0.15, 0.2) is 48.2 Å². The molecule has 1 aromatic heterocycles. The standard InChI is InChI=1S/C16H13ClF3N3OS/c17-11-4-6-12(7-5-11)24-10-8-14-21-22-15(25-14)23-9-2-1-3-13(23)16(18,19)20/h1-7H,8-10H2. The van der Waals surface area contributed by atoms with E-state index >= 15 is 0 Å². The van der Waals surface area contributed by atoms with Crippen molar-refractivity contribution in [2.45, 2.75) is 12.6 Å². The summed E-state index contributed by atoms with van der Waals surface area (Å²) in [7, 11) is 0. The molecule has 0 aliphatic carbocycles. The summed E-state index contributed by atoms with van der Waals surface area (Å²) in [6.07, 6.45) is 0.0821. The van der Waals surface area contributed by atoms with E-state index in [9.17, 15) is 13.2 Å². The fourth-order valence-electron chi connectivity index (χ4n) is 2.18. The molecule has 0 amide bonds. The minimum Gasteiger partial charge on any atom is -0.493 e. The molecule has 0 saturated carbocycles. The van der Waals surface area contributed by atoms with Crippen LogP contribution in [0.5, 0.6) is 5.75 Å². The van der Waals surface area contributed by atoms with Crippen molar-refractivity contribution >= 4 is 28.1 Å². The van der Waals surface area contributed by atoms with Gasteiger partial charge in [-0.3, -0.25) is 0 Å². The molecule has 9 heteroatoms. The first-order valence-corrected chi connectivity index (χ1v) is 8.55. The smallest absolute Gasteiger partial charge is 0.431 e. The van der Waals surface area contributed by atoms with Crippen LogP contribution in [0.25, 0.3) is 0 Å². The monoisotopic (exact) mass is 387 g/mol. The van der Waals surface area contributed by atoms with Crippen molar-refractivity contribution in [3.05, 3.63) is 58.2 Å². The van der Waals surface area contributed by atoms with E-state index in [-0.39, 0.29) is 11.7 Å². The van der Waals surface area contributed by atoms with Gasteiger partial charge in [-0.15, -0.1) is 10.2 Å². The number of aromatic nitrogens is 2. The predicted octanol–water partition coefficient (Wildman–Crippen LogP) is 4.64. The summed E-state index contributed by atoms with van der Waals surface area (Å²) in [6, 6.07) is 6.92. The SMILES string of the molecule is FC(F)(F)C1=CC=CCN1c1nnc(CCOc2ccc(Cl)cc2)s1. The lowest BCUT2D eigenvalue weighted by Gasteiger charge is -2.26. The van der Waals surface area contributed by atoms with Gasteiger partial charge in [0.2, 0.25) is 5.13 Å². The Morgan fingerprint density at radius 2 is 1.96 bits per heavy atom. The summed E-state index contributed by atoms with van der Waals surface area (Å²) in [4.78, 5) is 1.11. The fraction of sp³-hybridized carbons (Fsp3) is 0.250. The normalized spacial score (nSPS) is 14.6. The predicted molar refractivity (Wildman–Crippen MR) is 91.2 cm³/mol. The molecule has 1 aliphatic rings. The zero-order chi connectivity index (χ0) is 17.9. The molecule has 0 atom stereocenters. The number of alkyl halides is 3. The molecule has 0 spiro atoms. The van der Waals surface area contributed by atoms with E-state index in [4.69, 9.17) is 16.3 Å². The molecule has 2 heterocycles. The first kappa shape index (κ1) is 17.8. The third-order valence-electron chi connectivity index (χ3n) is 3.34. The molecular weight excluding hydrogens is 375 g/mol. The van der Waals surface area contributed by atoms with Gasteiger partial charge < -0.3 is 9.64 Å². The van der Waals surface area contributed by atoms with Crippen LogP contribution in [0.1, 0.15) is 5.01 Å². The van der Waals surface area contributed by atoms with Gasteiger partial charge in [0.25, 0.3) is 0 Å². The zero-order valence-corrected chi connectivity index (χ0v) is 14.4. The quantitative estimate of drug-likeness (QED) is 0.749. The van der Waals surface area contributed by atoms with Gasteiger partial charge in [0, 0.05) is 18.0 Å². The minimum absolute atomic E-state index is 0.112. The Morgan fingerprint density at radius 1 is 1.20 bits per heavy atom. The second-order valence-electron chi connectivity index (χ2n) is 5.12. The van der Waals surface area contributed by atoms with Crippen LogP contribution in [0.3, 0.4) is 0 Å². The first-order valence-electron chi connectivity index (χ1n) is 7.36. The van der Waals surface area contributed by atoms with Crippen LogP contribution < -0.4 is 9.64 Å². The summed E-state index contributed by atoms with van der Waals surface area (Å²) >= 11 is 6.92. The number of ether oxygens (including phenoxy) is 1. The van der Waals surface area contributed by atoms with E-state index < -0.39 is 11.9 Å². The average molecular weight is 388 g/mol. The van der Waals surface area contributed by atoms with Gasteiger partial charge in [-0.25, -0.2) is 0 Å². The molecule has 1 aliphatic heterocycles. The van der Waals surface area contributed by atoms with Crippen molar-refractivity contribution in [2.75, 3.05) is 18.1 Å². The minimum atomic E-state index is -4.44. The number of benzene rings is 1. The number of rotatable bonds is 5. The summed E-state index contributed by atoms with van der Waals surface area (Å²) in [5, 5.41) is 9.29. The summed E-state index contributed by atoms with van der Waals surface area (Å²) in [6.45, 7) is 0.458. The Labute approximate surface area is 151 Å². The molecule has 25 heavy (non-hydrogen) atoms. The lowest BCUT2D eigenvalue weighted by molar-refractivity contribution is -0.0933. The van der Waals surface area contributed by atoms with Gasteiger partial charge in [0.15, 0.2) is 0 Å². The van der Waals surface area contributed by atoms with Crippen LogP contribution in [-0.2, 0) is 6.42 Å². The highest BCUT2D eigenvalue weighted by molar-refractivity contribution is 7.15. The number of halogens is 4. The summed E-state index contributed by atoms with van der Waals surface area (Å²) < 4.78 is 44.8. The maximum Gasteiger partial charge on any atom is 0.431 e. The number of nitrogens with zero attached hydrogens (tertiary/aromatic N) is 3. The Bertz CT molecular complexity index is 787. The van der Waals surface area contributed by atoms with E-state index in [1.54, 1.807) is 30.3 Å². The molecule has 0 saturated heterocycles. The largest absolute Gasteiger partial charge is 0.493 e. The van der Waals surface area contributed by atoms with E-state index in [1.165, 1.54) is 6.08 Å². The lowest BCUT2D eigenvalue weighted by Crippen LogP contribution is -2.33. The van der Waals surface area contributed by atoms with E-state index in [2.05, 4.69) is 10.2 Å². The first-order chi connectivity index (χ1) is 11.9. The number of anilines is 1. The molecule has 0 radical (unpaired) electrons. The molecular formula is C16H13ClF3N3OS. The third kappa shape index (κ3) is 4.52. The highest BCUT2D eigenvalue weighted by Crippen LogP contribution is 2.35. The van der Waals surface area contributed by atoms with Crippen LogP contribution in [-0.4, -0.2) is 29.5 Å². The second-order valence-corrected chi connectivity index (χ2v) is 6.60.